The zero-order chi connectivity index (χ0) is 18.4. The van der Waals surface area contributed by atoms with Crippen molar-refractivity contribution in [2.75, 3.05) is 13.1 Å². The van der Waals surface area contributed by atoms with Crippen LogP contribution in [-0.2, 0) is 20.8 Å². The first kappa shape index (κ1) is 18.1. The minimum Gasteiger partial charge on any atom is -0.351 e. The van der Waals surface area contributed by atoms with Crippen LogP contribution in [0.4, 0.5) is 0 Å². The van der Waals surface area contributed by atoms with Crippen LogP contribution in [-0.4, -0.2) is 47.5 Å². The van der Waals surface area contributed by atoms with Crippen LogP contribution < -0.4 is 10.7 Å². The molecule has 2 aliphatic rings. The number of rotatable bonds is 7. The summed E-state index contributed by atoms with van der Waals surface area (Å²) in [6, 6.07) is 9.94. The largest absolute Gasteiger partial charge is 0.351 e. The van der Waals surface area contributed by atoms with Crippen LogP contribution in [0.15, 0.2) is 35.4 Å². The summed E-state index contributed by atoms with van der Waals surface area (Å²) < 4.78 is 0. The van der Waals surface area contributed by atoms with Crippen molar-refractivity contribution in [3.63, 3.8) is 0 Å². The minimum atomic E-state index is -0.126. The van der Waals surface area contributed by atoms with Crippen LogP contribution >= 0.6 is 0 Å². The van der Waals surface area contributed by atoms with Crippen molar-refractivity contribution in [3.8, 4) is 0 Å². The lowest BCUT2D eigenvalue weighted by molar-refractivity contribution is -0.127. The van der Waals surface area contributed by atoms with Gasteiger partial charge in [-0.25, -0.2) is 5.43 Å². The first-order valence-electron chi connectivity index (χ1n) is 9.05. The summed E-state index contributed by atoms with van der Waals surface area (Å²) >= 11 is 0. The number of amides is 3. The van der Waals surface area contributed by atoms with Gasteiger partial charge < -0.3 is 10.2 Å². The molecule has 0 unspecified atom stereocenters. The summed E-state index contributed by atoms with van der Waals surface area (Å²) in [4.78, 5) is 37.1. The molecule has 138 valence electrons. The zero-order valence-electron chi connectivity index (χ0n) is 14.7. The Morgan fingerprint density at radius 1 is 1.19 bits per heavy atom. The third-order valence-corrected chi connectivity index (χ3v) is 4.71. The van der Waals surface area contributed by atoms with Gasteiger partial charge in [0.1, 0.15) is 0 Å². The number of benzene rings is 1. The fourth-order valence-corrected chi connectivity index (χ4v) is 3.24. The molecular formula is C19H24N4O3. The summed E-state index contributed by atoms with van der Waals surface area (Å²) in [6.07, 6.45) is 3.06. The monoisotopic (exact) mass is 356 g/mol. The van der Waals surface area contributed by atoms with E-state index >= 15 is 0 Å². The second-order valence-electron chi connectivity index (χ2n) is 6.76. The molecule has 1 aromatic carbocycles. The Morgan fingerprint density at radius 3 is 2.73 bits per heavy atom. The van der Waals surface area contributed by atoms with E-state index in [1.807, 2.05) is 23.1 Å². The number of hydrazone groups is 1. The first-order valence-corrected chi connectivity index (χ1v) is 9.05. The molecule has 2 N–H and O–H groups in total. The molecule has 7 heteroatoms. The Labute approximate surface area is 152 Å². The van der Waals surface area contributed by atoms with Crippen LogP contribution in [0.2, 0.25) is 0 Å². The lowest BCUT2D eigenvalue weighted by Crippen LogP contribution is -2.37. The van der Waals surface area contributed by atoms with Gasteiger partial charge in [0.05, 0.1) is 6.04 Å². The van der Waals surface area contributed by atoms with Crippen molar-refractivity contribution in [3.05, 3.63) is 35.9 Å². The Balaban J connectivity index is 1.39. The van der Waals surface area contributed by atoms with E-state index in [4.69, 9.17) is 0 Å². The maximum Gasteiger partial charge on any atom is 0.240 e. The average molecular weight is 356 g/mol. The SMILES string of the molecule is O=C1CCC(CCC(=O)N[C@H]2CC(=O)N(CCc3ccccc3)C2)=NN1. The lowest BCUT2D eigenvalue weighted by atomic mass is 10.1. The quantitative estimate of drug-likeness (QED) is 0.763. The topological polar surface area (TPSA) is 90.9 Å². The third-order valence-electron chi connectivity index (χ3n) is 4.71. The third kappa shape index (κ3) is 5.15. The number of hydrogen-bond donors (Lipinski definition) is 2. The van der Waals surface area contributed by atoms with E-state index in [2.05, 4.69) is 28.0 Å². The molecule has 2 aliphatic heterocycles. The van der Waals surface area contributed by atoms with Gasteiger partial charge in [-0.3, -0.25) is 14.4 Å². The van der Waals surface area contributed by atoms with Crippen molar-refractivity contribution in [2.45, 2.75) is 44.6 Å². The molecule has 0 spiro atoms. The predicted octanol–water partition coefficient (Wildman–Crippen LogP) is 0.992. The van der Waals surface area contributed by atoms with Crippen LogP contribution in [0.5, 0.6) is 0 Å². The number of nitrogens with one attached hydrogen (secondary N) is 2. The summed E-state index contributed by atoms with van der Waals surface area (Å²) in [5.74, 6) is -0.0730. The van der Waals surface area contributed by atoms with Gasteiger partial charge in [0.25, 0.3) is 0 Å². The van der Waals surface area contributed by atoms with Gasteiger partial charge >= 0.3 is 0 Å². The highest BCUT2D eigenvalue weighted by Gasteiger charge is 2.30. The molecule has 0 radical (unpaired) electrons. The number of nitrogens with zero attached hydrogens (tertiary/aromatic N) is 2. The first-order chi connectivity index (χ1) is 12.6. The van der Waals surface area contributed by atoms with Gasteiger partial charge in [-0.1, -0.05) is 30.3 Å². The Hall–Kier alpha value is -2.70. The van der Waals surface area contributed by atoms with Crippen molar-refractivity contribution in [1.82, 2.24) is 15.6 Å². The van der Waals surface area contributed by atoms with Gasteiger partial charge in [0.2, 0.25) is 17.7 Å². The Morgan fingerprint density at radius 2 is 2.00 bits per heavy atom. The van der Waals surface area contributed by atoms with E-state index in [-0.39, 0.29) is 23.8 Å². The molecule has 3 amide bonds. The zero-order valence-corrected chi connectivity index (χ0v) is 14.7. The standard InChI is InChI=1S/C19H24N4O3/c24-17(8-6-15-7-9-18(25)22-21-15)20-16-12-19(26)23(13-16)11-10-14-4-2-1-3-5-14/h1-5,16H,6-13H2,(H,20,24)(H,22,25)/t16-/m0/s1. The Kier molecular flexibility index (Phi) is 5.99. The fourth-order valence-electron chi connectivity index (χ4n) is 3.24. The van der Waals surface area contributed by atoms with E-state index in [0.29, 0.717) is 45.2 Å². The highest BCUT2D eigenvalue weighted by atomic mass is 16.2. The van der Waals surface area contributed by atoms with E-state index in [9.17, 15) is 14.4 Å². The number of hydrogen-bond acceptors (Lipinski definition) is 4. The van der Waals surface area contributed by atoms with Crippen LogP contribution in [0.3, 0.4) is 0 Å². The lowest BCUT2D eigenvalue weighted by Gasteiger charge is -2.17. The Bertz CT molecular complexity index is 702. The second-order valence-corrected chi connectivity index (χ2v) is 6.76. The highest BCUT2D eigenvalue weighted by Crippen LogP contribution is 2.13. The van der Waals surface area contributed by atoms with E-state index in [1.54, 1.807) is 0 Å². The molecule has 1 atom stereocenters. The molecule has 3 rings (SSSR count). The molecule has 1 saturated heterocycles. The molecule has 26 heavy (non-hydrogen) atoms. The maximum absolute atomic E-state index is 12.1. The van der Waals surface area contributed by atoms with Crippen molar-refractivity contribution >= 4 is 23.4 Å². The molecule has 0 aromatic heterocycles. The number of carbonyl (C=O) groups is 3. The van der Waals surface area contributed by atoms with E-state index in [0.717, 1.165) is 12.1 Å². The van der Waals surface area contributed by atoms with Gasteiger partial charge in [-0.15, -0.1) is 0 Å². The summed E-state index contributed by atoms with van der Waals surface area (Å²) in [7, 11) is 0. The van der Waals surface area contributed by atoms with Gasteiger partial charge in [-0.05, 0) is 24.8 Å². The van der Waals surface area contributed by atoms with Gasteiger partial charge in [0, 0.05) is 38.1 Å². The molecule has 0 bridgehead atoms. The van der Waals surface area contributed by atoms with Crippen LogP contribution in [0, 0.1) is 0 Å². The molecule has 1 fully saturated rings. The van der Waals surface area contributed by atoms with E-state index in [1.165, 1.54) is 5.56 Å². The molecule has 7 nitrogen and oxygen atoms in total. The van der Waals surface area contributed by atoms with Crippen LogP contribution in [0.1, 0.15) is 37.7 Å². The van der Waals surface area contributed by atoms with Crippen LogP contribution in [0.25, 0.3) is 0 Å². The van der Waals surface area contributed by atoms with Gasteiger partial charge in [0.15, 0.2) is 0 Å². The fraction of sp³-hybridized carbons (Fsp3) is 0.474. The maximum atomic E-state index is 12.1. The molecule has 0 saturated carbocycles. The molecule has 0 aliphatic carbocycles. The second kappa shape index (κ2) is 8.60. The van der Waals surface area contributed by atoms with Gasteiger partial charge in [-0.2, -0.15) is 5.10 Å². The summed E-state index contributed by atoms with van der Waals surface area (Å²) in [6.45, 7) is 1.24. The molecule has 1 aromatic rings. The normalized spacial score (nSPS) is 19.9. The molecular weight excluding hydrogens is 332 g/mol. The van der Waals surface area contributed by atoms with Crippen molar-refractivity contribution in [1.29, 1.82) is 0 Å². The van der Waals surface area contributed by atoms with E-state index < -0.39 is 0 Å². The van der Waals surface area contributed by atoms with Crippen molar-refractivity contribution in [2.24, 2.45) is 5.10 Å². The summed E-state index contributed by atoms with van der Waals surface area (Å²) in [5, 5.41) is 6.91. The predicted molar refractivity (Wildman–Crippen MR) is 97.3 cm³/mol. The molecule has 2 heterocycles. The summed E-state index contributed by atoms with van der Waals surface area (Å²) in [5.41, 5.74) is 4.48. The number of likely N-dealkylation sites (tertiary alicyclic amines) is 1. The van der Waals surface area contributed by atoms with Crippen molar-refractivity contribution < 1.29 is 14.4 Å². The smallest absolute Gasteiger partial charge is 0.240 e. The highest BCUT2D eigenvalue weighted by molar-refractivity contribution is 5.94. The minimum absolute atomic E-state index is 0.0766. The average Bonchev–Trinajstić information content (AvgIpc) is 2.99. The number of carbonyl (C=O) groups excluding carboxylic acids is 3.